The van der Waals surface area contributed by atoms with Gasteiger partial charge in [-0.15, -0.1) is 0 Å². The molecule has 1 N–H and O–H groups in total. The third-order valence-electron chi connectivity index (χ3n) is 2.71. The Bertz CT molecular complexity index is 347. The van der Waals surface area contributed by atoms with Crippen LogP contribution in [0.4, 0.5) is 0 Å². The molecule has 0 fully saturated rings. The number of nitrogens with one attached hydrogen (secondary N) is 1. The first-order valence-electron chi connectivity index (χ1n) is 5.93. The molecule has 0 saturated heterocycles. The summed E-state index contributed by atoms with van der Waals surface area (Å²) in [6.07, 6.45) is 0. The van der Waals surface area contributed by atoms with Crippen molar-refractivity contribution in [3.05, 3.63) is 33.4 Å². The van der Waals surface area contributed by atoms with Crippen LogP contribution in [-0.2, 0) is 0 Å². The molecule has 0 aromatic heterocycles. The molecule has 1 amide bonds. The fourth-order valence-corrected chi connectivity index (χ4v) is 1.93. The second-order valence-corrected chi connectivity index (χ2v) is 5.04. The minimum absolute atomic E-state index is 0.00792. The second kappa shape index (κ2) is 7.66. The average molecular weight is 342 g/mol. The normalized spacial score (nSPS) is 10.6. The van der Waals surface area contributed by atoms with Gasteiger partial charge < -0.3 is 10.2 Å². The predicted molar refractivity (Wildman–Crippen MR) is 79.3 cm³/mol. The quantitative estimate of drug-likeness (QED) is 0.805. The molecule has 0 aliphatic carbocycles. The highest BCUT2D eigenvalue weighted by atomic mass is 123. The van der Waals surface area contributed by atoms with Crippen molar-refractivity contribution in [3.8, 4) is 0 Å². The van der Waals surface area contributed by atoms with Crippen LogP contribution in [0.1, 0.15) is 24.2 Å². The van der Waals surface area contributed by atoms with Crippen molar-refractivity contribution in [3.63, 3.8) is 0 Å². The van der Waals surface area contributed by atoms with E-state index in [4.69, 9.17) is 0 Å². The highest BCUT2D eigenvalue weighted by molar-refractivity contribution is 14.1. The van der Waals surface area contributed by atoms with Crippen LogP contribution in [0.5, 0.6) is 0 Å². The molecule has 0 saturated carbocycles. The van der Waals surface area contributed by atoms with Crippen molar-refractivity contribution >= 4 is 28.5 Å². The molecule has 17 heavy (non-hydrogen) atoms. The second-order valence-electron chi connectivity index (χ2n) is 3.79. The molecule has 1 aromatic rings. The Morgan fingerprint density at radius 2 is 1.82 bits per heavy atom. The van der Waals surface area contributed by atoms with E-state index in [0.717, 1.165) is 28.8 Å². The Balaban J connectivity index is 2.37. The fourth-order valence-electron chi connectivity index (χ4n) is 1.57. The van der Waals surface area contributed by atoms with E-state index in [1.54, 1.807) is 0 Å². The van der Waals surface area contributed by atoms with Crippen molar-refractivity contribution in [2.75, 3.05) is 26.2 Å². The summed E-state index contributed by atoms with van der Waals surface area (Å²) >= 11 is 2.23. The van der Waals surface area contributed by atoms with Gasteiger partial charge in [-0.2, -0.15) is 0 Å². The summed E-state index contributed by atoms with van der Waals surface area (Å²) in [6, 6.07) is 7.60. The number of carbonyl (C=O) groups excluding carboxylic acids is 1. The number of nitrogens with zero attached hydrogens (tertiary/aromatic N) is 1. The predicted octanol–water partition coefficient (Wildman–Crippen LogP) is 2.36. The third-order valence-corrected chi connectivity index (χ3v) is 3.43. The molecule has 4 heteroatoms. The zero-order valence-electron chi connectivity index (χ0n) is 10.4. The van der Waals surface area contributed by atoms with Crippen LogP contribution in [0.15, 0.2) is 24.3 Å². The van der Waals surface area contributed by atoms with E-state index in [2.05, 4.69) is 46.7 Å². The monoisotopic (exact) mass is 342 g/mol. The molecule has 0 heterocycles. The molecule has 3 nitrogen and oxygen atoms in total. The summed E-state index contributed by atoms with van der Waals surface area (Å²) in [4.78, 5) is 14.1. The fraction of sp³-hybridized carbons (Fsp3) is 0.462. The Morgan fingerprint density at radius 1 is 1.24 bits per heavy atom. The van der Waals surface area contributed by atoms with Crippen molar-refractivity contribution in [1.82, 2.24) is 10.2 Å². The van der Waals surface area contributed by atoms with Gasteiger partial charge in [0.05, 0.1) is 0 Å². The summed E-state index contributed by atoms with van der Waals surface area (Å²) in [5.41, 5.74) is 0.727. The summed E-state index contributed by atoms with van der Waals surface area (Å²) in [5.74, 6) is 0.00792. The van der Waals surface area contributed by atoms with Crippen LogP contribution in [0.3, 0.4) is 0 Å². The highest BCUT2D eigenvalue weighted by Crippen LogP contribution is 2.06. The van der Waals surface area contributed by atoms with E-state index in [1.807, 2.05) is 24.3 Å². The Kier molecular flexibility index (Phi) is 6.50. The lowest BCUT2D eigenvalue weighted by atomic mass is 10.2. The van der Waals surface area contributed by atoms with Gasteiger partial charge in [0.2, 0.25) is 0 Å². The average Bonchev–Trinajstić information content (AvgIpc) is 2.35. The molecule has 0 aliphatic rings. The SMILES string of the molecule is CCN(CC)CCNC(=O)c1ccc([123I])cc1. The first-order chi connectivity index (χ1) is 8.17. The number of hydrogen-bond donors (Lipinski definition) is 1. The smallest absolute Gasteiger partial charge is 0.251 e. The van der Waals surface area contributed by atoms with Crippen molar-refractivity contribution in [2.45, 2.75) is 13.8 Å². The number of benzene rings is 1. The first kappa shape index (κ1) is 14.4. The van der Waals surface area contributed by atoms with Crippen LogP contribution in [0.2, 0.25) is 0 Å². The van der Waals surface area contributed by atoms with Gasteiger partial charge >= 0.3 is 0 Å². The van der Waals surface area contributed by atoms with E-state index < -0.39 is 0 Å². The lowest BCUT2D eigenvalue weighted by Gasteiger charge is -2.17. The number of amides is 1. The molecule has 0 spiro atoms. The molecule has 0 bridgehead atoms. The van der Waals surface area contributed by atoms with Crippen molar-refractivity contribution in [1.29, 1.82) is 0 Å². The molecule has 0 unspecified atom stereocenters. The summed E-state index contributed by atoms with van der Waals surface area (Å²) in [5, 5.41) is 2.93. The summed E-state index contributed by atoms with van der Waals surface area (Å²) in [7, 11) is 0. The third kappa shape index (κ3) is 5.04. The van der Waals surface area contributed by atoms with Gasteiger partial charge in [-0.3, -0.25) is 4.79 Å². The molecule has 1 rings (SSSR count). The minimum atomic E-state index is 0.00792. The molecule has 0 aliphatic heterocycles. The zero-order valence-corrected chi connectivity index (χ0v) is 12.5. The molecule has 0 radical (unpaired) electrons. The first-order valence-corrected chi connectivity index (χ1v) is 7.01. The van der Waals surface area contributed by atoms with Gasteiger partial charge in [0, 0.05) is 22.2 Å². The molecular formula is C13H19IN2O. The van der Waals surface area contributed by atoms with E-state index in [1.165, 1.54) is 0 Å². The Hall–Kier alpha value is -0.620. The van der Waals surface area contributed by atoms with Gasteiger partial charge in [0.15, 0.2) is 0 Å². The maximum absolute atomic E-state index is 11.8. The van der Waals surface area contributed by atoms with Gasteiger partial charge in [-0.25, -0.2) is 0 Å². The Morgan fingerprint density at radius 3 is 2.35 bits per heavy atom. The number of likely N-dealkylation sites (N-methyl/N-ethyl adjacent to an activating group) is 1. The van der Waals surface area contributed by atoms with Gasteiger partial charge in [0.1, 0.15) is 0 Å². The molecule has 94 valence electrons. The van der Waals surface area contributed by atoms with E-state index in [-0.39, 0.29) is 5.91 Å². The minimum Gasteiger partial charge on any atom is -0.351 e. The van der Waals surface area contributed by atoms with E-state index in [9.17, 15) is 4.79 Å². The van der Waals surface area contributed by atoms with Crippen LogP contribution in [0.25, 0.3) is 0 Å². The highest BCUT2D eigenvalue weighted by Gasteiger charge is 2.05. The number of halogens is 1. The lowest BCUT2D eigenvalue weighted by molar-refractivity contribution is 0.0949. The van der Waals surface area contributed by atoms with Crippen LogP contribution >= 0.6 is 22.6 Å². The summed E-state index contributed by atoms with van der Waals surface area (Å²) in [6.45, 7) is 7.91. The molecule has 1 aromatic carbocycles. The zero-order chi connectivity index (χ0) is 12.7. The maximum atomic E-state index is 11.8. The van der Waals surface area contributed by atoms with Gasteiger partial charge in [0.25, 0.3) is 5.91 Å². The Labute approximate surface area is 117 Å². The van der Waals surface area contributed by atoms with Crippen LogP contribution in [0, 0.1) is 3.57 Å². The standard InChI is InChI=1S/C13H19IN2O/c1-3-16(4-2)10-9-15-13(17)11-5-7-12(14)8-6-11/h5-8H,3-4,9-10H2,1-2H3,(H,15,17)/i14-4. The molecular weight excluding hydrogens is 323 g/mol. The summed E-state index contributed by atoms with van der Waals surface area (Å²) < 4.78 is 1.14. The number of hydrogen-bond acceptors (Lipinski definition) is 2. The van der Waals surface area contributed by atoms with Crippen molar-refractivity contribution < 1.29 is 4.79 Å². The molecule has 0 atom stereocenters. The van der Waals surface area contributed by atoms with Gasteiger partial charge in [-0.1, -0.05) is 13.8 Å². The van der Waals surface area contributed by atoms with Crippen LogP contribution in [-0.4, -0.2) is 37.0 Å². The number of rotatable bonds is 6. The van der Waals surface area contributed by atoms with Crippen molar-refractivity contribution in [2.24, 2.45) is 0 Å². The van der Waals surface area contributed by atoms with E-state index in [0.29, 0.717) is 6.54 Å². The van der Waals surface area contributed by atoms with Crippen LogP contribution < -0.4 is 5.32 Å². The number of carbonyl (C=O) groups is 1. The van der Waals surface area contributed by atoms with E-state index >= 15 is 0 Å². The largest absolute Gasteiger partial charge is 0.351 e. The topological polar surface area (TPSA) is 32.3 Å². The van der Waals surface area contributed by atoms with Gasteiger partial charge in [-0.05, 0) is 59.9 Å². The maximum Gasteiger partial charge on any atom is 0.251 e. The lowest BCUT2D eigenvalue weighted by Crippen LogP contribution is -2.34.